The van der Waals surface area contributed by atoms with Crippen LogP contribution >= 0.6 is 11.3 Å². The summed E-state index contributed by atoms with van der Waals surface area (Å²) >= 11 is 1.87. The zero-order valence-electron chi connectivity index (χ0n) is 29.9. The molecule has 5 heteroatoms. The van der Waals surface area contributed by atoms with E-state index in [1.54, 1.807) is 0 Å². The number of ether oxygens (including phenoxy) is 1. The Labute approximate surface area is 324 Å². The normalized spacial score (nSPS) is 12.4. The van der Waals surface area contributed by atoms with E-state index in [0.717, 1.165) is 33.9 Å². The Balaban J connectivity index is 1.12. The van der Waals surface area contributed by atoms with Crippen LogP contribution in [-0.4, -0.2) is 17.6 Å². The fraction of sp³-hybridized carbons (Fsp3) is 0.0200. The zero-order chi connectivity index (χ0) is 36.3. The highest BCUT2D eigenvalue weighted by Gasteiger charge is 2.41. The monoisotopic (exact) mass is 738 g/mol. The molecule has 8 aromatic carbocycles. The Hall–Kier alpha value is -6.53. The van der Waals surface area contributed by atoms with Gasteiger partial charge in [-0.1, -0.05) is 158 Å². The molecule has 0 amide bonds. The summed E-state index contributed by atoms with van der Waals surface area (Å²) in [5.74, 6) is 1.81. The predicted molar refractivity (Wildman–Crippen MR) is 233 cm³/mol. The lowest BCUT2D eigenvalue weighted by molar-refractivity contribution is 0.280. The number of aromatic nitrogens is 2. The van der Waals surface area contributed by atoms with Gasteiger partial charge < -0.3 is 4.74 Å². The SMILES string of the molecule is c1ccc([Si](c2ccccc2)(c2cccc(-c3ccc4c(c3)nc3n4-c4ccccc4OC3)c2)c2cccc(-c3cccc4sc5ccccc5c34)c2)cc1. The van der Waals surface area contributed by atoms with E-state index in [0.29, 0.717) is 6.61 Å². The Morgan fingerprint density at radius 2 is 1.13 bits per heavy atom. The van der Waals surface area contributed by atoms with E-state index in [9.17, 15) is 0 Å². The summed E-state index contributed by atoms with van der Waals surface area (Å²) in [5.41, 5.74) is 7.94. The van der Waals surface area contributed by atoms with Gasteiger partial charge in [0, 0.05) is 20.2 Å². The third-order valence-corrected chi connectivity index (χ3v) is 17.1. The largest absolute Gasteiger partial charge is 0.483 e. The molecule has 0 N–H and O–H groups in total. The molecule has 1 aliphatic rings. The Bertz CT molecular complexity index is 3020. The van der Waals surface area contributed by atoms with Gasteiger partial charge in [-0.25, -0.2) is 4.98 Å². The van der Waals surface area contributed by atoms with Gasteiger partial charge in [-0.15, -0.1) is 11.3 Å². The number of rotatable bonds is 6. The number of fused-ring (bicyclic) bond motifs is 8. The first-order valence-electron chi connectivity index (χ1n) is 18.7. The molecule has 0 atom stereocenters. The average Bonchev–Trinajstić information content (AvgIpc) is 3.84. The molecule has 0 saturated carbocycles. The molecule has 1 aliphatic heterocycles. The number of thiophene rings is 1. The molecule has 0 fully saturated rings. The van der Waals surface area contributed by atoms with Crippen LogP contribution in [0.15, 0.2) is 194 Å². The fourth-order valence-corrected chi connectivity index (χ4v) is 14.8. The minimum Gasteiger partial charge on any atom is -0.483 e. The molecule has 10 aromatic rings. The maximum absolute atomic E-state index is 6.07. The minimum absolute atomic E-state index is 0.453. The lowest BCUT2D eigenvalue weighted by Gasteiger charge is -2.35. The molecule has 0 unspecified atom stereocenters. The molecule has 0 bridgehead atoms. The second-order valence-corrected chi connectivity index (χ2v) is 19.1. The quantitative estimate of drug-likeness (QED) is 0.126. The molecule has 0 aliphatic carbocycles. The van der Waals surface area contributed by atoms with Gasteiger partial charge in [-0.2, -0.15) is 0 Å². The van der Waals surface area contributed by atoms with Crippen molar-refractivity contribution in [3.05, 3.63) is 200 Å². The van der Waals surface area contributed by atoms with Gasteiger partial charge in [0.15, 0.2) is 13.9 Å². The molecule has 11 rings (SSSR count). The summed E-state index contributed by atoms with van der Waals surface area (Å²) in [4.78, 5) is 5.07. The molecule has 3 nitrogen and oxygen atoms in total. The van der Waals surface area contributed by atoms with E-state index in [1.807, 2.05) is 23.5 Å². The number of para-hydroxylation sites is 2. The van der Waals surface area contributed by atoms with Crippen molar-refractivity contribution in [3.63, 3.8) is 0 Å². The van der Waals surface area contributed by atoms with Gasteiger partial charge in [0.1, 0.15) is 12.4 Å². The van der Waals surface area contributed by atoms with E-state index in [4.69, 9.17) is 9.72 Å². The second-order valence-electron chi connectivity index (χ2n) is 14.2. The first-order valence-corrected chi connectivity index (χ1v) is 21.5. The van der Waals surface area contributed by atoms with Crippen LogP contribution in [0.2, 0.25) is 0 Å². The van der Waals surface area contributed by atoms with Crippen LogP contribution in [0, 0.1) is 0 Å². The highest BCUT2D eigenvalue weighted by atomic mass is 32.1. The average molecular weight is 739 g/mol. The molecule has 2 aromatic heterocycles. The molecule has 3 heterocycles. The highest BCUT2D eigenvalue weighted by Crippen LogP contribution is 2.40. The van der Waals surface area contributed by atoms with Gasteiger partial charge in [0.05, 0.1) is 16.7 Å². The van der Waals surface area contributed by atoms with Gasteiger partial charge >= 0.3 is 0 Å². The predicted octanol–water partition coefficient (Wildman–Crippen LogP) is 10.00. The smallest absolute Gasteiger partial charge is 0.179 e. The van der Waals surface area contributed by atoms with Crippen LogP contribution < -0.4 is 25.5 Å². The number of hydrogen-bond donors (Lipinski definition) is 0. The Kier molecular flexibility index (Phi) is 7.44. The van der Waals surface area contributed by atoms with E-state index in [1.165, 1.54) is 57.6 Å². The van der Waals surface area contributed by atoms with E-state index in [2.05, 4.69) is 187 Å². The lowest BCUT2D eigenvalue weighted by atomic mass is 10.00. The van der Waals surface area contributed by atoms with Gasteiger partial charge in [0.2, 0.25) is 0 Å². The van der Waals surface area contributed by atoms with Crippen LogP contribution in [0.3, 0.4) is 0 Å². The van der Waals surface area contributed by atoms with Crippen molar-refractivity contribution < 1.29 is 4.74 Å². The summed E-state index contributed by atoms with van der Waals surface area (Å²) < 4.78 is 10.9. The topological polar surface area (TPSA) is 27.1 Å². The van der Waals surface area contributed by atoms with Gasteiger partial charge in [-0.05, 0) is 79.4 Å². The molecular weight excluding hydrogens is 705 g/mol. The van der Waals surface area contributed by atoms with E-state index < -0.39 is 8.07 Å². The Morgan fingerprint density at radius 3 is 1.93 bits per heavy atom. The molecular formula is C50H34N2OSSi. The lowest BCUT2D eigenvalue weighted by Crippen LogP contribution is -2.74. The summed E-state index contributed by atoms with van der Waals surface area (Å²) in [7, 11) is -2.87. The third-order valence-electron chi connectivity index (χ3n) is 11.2. The fourth-order valence-electron chi connectivity index (χ4n) is 8.83. The maximum Gasteiger partial charge on any atom is 0.179 e. The van der Waals surface area contributed by atoms with Crippen LogP contribution in [0.25, 0.3) is 59.1 Å². The van der Waals surface area contributed by atoms with Crippen LogP contribution in [0.1, 0.15) is 5.82 Å². The summed E-state index contributed by atoms with van der Waals surface area (Å²) in [5, 5.41) is 8.05. The molecule has 0 saturated heterocycles. The van der Waals surface area contributed by atoms with E-state index in [-0.39, 0.29) is 0 Å². The van der Waals surface area contributed by atoms with Crippen molar-refractivity contribution in [2.24, 2.45) is 0 Å². The van der Waals surface area contributed by atoms with Crippen LogP contribution in [0.5, 0.6) is 5.75 Å². The number of hydrogen-bond acceptors (Lipinski definition) is 3. The molecule has 0 spiro atoms. The maximum atomic E-state index is 6.07. The van der Waals surface area contributed by atoms with Crippen molar-refractivity contribution in [2.45, 2.75) is 6.61 Å². The number of benzene rings is 8. The number of imidazole rings is 1. The summed E-state index contributed by atoms with van der Waals surface area (Å²) in [6, 6.07) is 71.6. The standard InChI is InChI=1S/C50H34N2OSSi/c1-3-16-37(17-4-1)55(38-18-5-2-6-19-38,40-21-12-15-36(31-40)41-23-13-27-48-50(41)42-22-7-10-26-47(42)54-48)39-20-11-14-34(30-39)35-28-29-44-43(32-35)51-49-33-53-46-25-9-8-24-45(46)52(44)49/h1-32H,33H2. The second kappa shape index (κ2) is 12.8. The van der Waals surface area contributed by atoms with Crippen LogP contribution in [-0.2, 0) is 6.61 Å². The van der Waals surface area contributed by atoms with Crippen molar-refractivity contribution >= 4 is 71.4 Å². The highest BCUT2D eigenvalue weighted by molar-refractivity contribution is 7.26. The zero-order valence-corrected chi connectivity index (χ0v) is 31.7. The van der Waals surface area contributed by atoms with Crippen molar-refractivity contribution in [1.29, 1.82) is 0 Å². The molecule has 0 radical (unpaired) electrons. The third kappa shape index (κ3) is 5.04. The van der Waals surface area contributed by atoms with Crippen molar-refractivity contribution in [3.8, 4) is 33.7 Å². The minimum atomic E-state index is -2.87. The first-order chi connectivity index (χ1) is 27.3. The molecule has 260 valence electrons. The van der Waals surface area contributed by atoms with Gasteiger partial charge in [0.25, 0.3) is 0 Å². The van der Waals surface area contributed by atoms with Crippen LogP contribution in [0.4, 0.5) is 0 Å². The number of nitrogens with zero attached hydrogens (tertiary/aromatic N) is 2. The summed E-state index contributed by atoms with van der Waals surface area (Å²) in [6.45, 7) is 0.453. The van der Waals surface area contributed by atoms with E-state index >= 15 is 0 Å². The van der Waals surface area contributed by atoms with Crippen molar-refractivity contribution in [2.75, 3.05) is 0 Å². The molecule has 55 heavy (non-hydrogen) atoms. The Morgan fingerprint density at radius 1 is 0.509 bits per heavy atom. The summed E-state index contributed by atoms with van der Waals surface area (Å²) in [6.07, 6.45) is 0. The van der Waals surface area contributed by atoms with Gasteiger partial charge in [-0.3, -0.25) is 4.57 Å². The van der Waals surface area contributed by atoms with Crippen molar-refractivity contribution in [1.82, 2.24) is 9.55 Å². The first kappa shape index (κ1) is 31.9.